The molecule has 0 aliphatic carbocycles. The van der Waals surface area contributed by atoms with Gasteiger partial charge >= 0.3 is 5.97 Å². The average molecular weight is 288 g/mol. The highest BCUT2D eigenvalue weighted by Crippen LogP contribution is 2.14. The molecule has 0 aromatic carbocycles. The maximum Gasteiger partial charge on any atom is 0.341 e. The van der Waals surface area contributed by atoms with Crippen LogP contribution >= 0.6 is 15.9 Å². The summed E-state index contributed by atoms with van der Waals surface area (Å²) < 4.78 is 10.8. The zero-order valence-corrected chi connectivity index (χ0v) is 10.9. The Hall–Kier alpha value is -0.940. The van der Waals surface area contributed by atoms with Gasteiger partial charge in [-0.05, 0) is 41.9 Å². The molecule has 16 heavy (non-hydrogen) atoms. The van der Waals surface area contributed by atoms with Crippen LogP contribution in [0, 0.1) is 0 Å². The van der Waals surface area contributed by atoms with E-state index in [-0.39, 0.29) is 6.10 Å². The summed E-state index contributed by atoms with van der Waals surface area (Å²) in [4.78, 5) is 15.6. The number of esters is 1. The van der Waals surface area contributed by atoms with Gasteiger partial charge in [0.2, 0.25) is 0 Å². The van der Waals surface area contributed by atoms with E-state index in [2.05, 4.69) is 20.9 Å². The molecule has 0 bridgehead atoms. The van der Waals surface area contributed by atoms with Gasteiger partial charge in [-0.3, -0.25) is 0 Å². The predicted molar refractivity (Wildman–Crippen MR) is 63.3 cm³/mol. The van der Waals surface area contributed by atoms with Gasteiger partial charge in [-0.2, -0.15) is 0 Å². The minimum absolute atomic E-state index is 0.264. The number of pyridine rings is 1. The van der Waals surface area contributed by atoms with E-state index >= 15 is 0 Å². The SMILES string of the molecule is CCOCC(C)OC(=O)c1cccnc1Br. The number of carbonyl (C=O) groups excluding carboxylic acids is 1. The first-order valence-corrected chi connectivity index (χ1v) is 5.83. The number of ether oxygens (including phenoxy) is 2. The molecule has 0 aliphatic rings. The molecule has 0 saturated carbocycles. The first-order chi connectivity index (χ1) is 7.65. The van der Waals surface area contributed by atoms with Crippen LogP contribution in [0.5, 0.6) is 0 Å². The molecule has 1 rings (SSSR count). The standard InChI is InChI=1S/C11H14BrNO3/c1-3-15-7-8(2)16-11(14)9-5-4-6-13-10(9)12/h4-6,8H,3,7H2,1-2H3. The Labute approximate surface area is 103 Å². The molecule has 0 N–H and O–H groups in total. The van der Waals surface area contributed by atoms with Gasteiger partial charge in [-0.15, -0.1) is 0 Å². The summed E-state index contributed by atoms with van der Waals surface area (Å²) in [6, 6.07) is 3.35. The fourth-order valence-corrected chi connectivity index (χ4v) is 1.51. The minimum Gasteiger partial charge on any atom is -0.457 e. The second kappa shape index (κ2) is 6.60. The molecule has 0 amide bonds. The summed E-state index contributed by atoms with van der Waals surface area (Å²) in [7, 11) is 0. The van der Waals surface area contributed by atoms with Crippen LogP contribution in [0.3, 0.4) is 0 Å². The Bertz CT molecular complexity index is 357. The lowest BCUT2D eigenvalue weighted by atomic mass is 10.3. The highest BCUT2D eigenvalue weighted by Gasteiger charge is 2.15. The number of hydrogen-bond acceptors (Lipinski definition) is 4. The monoisotopic (exact) mass is 287 g/mol. The van der Waals surface area contributed by atoms with Gasteiger partial charge in [0.25, 0.3) is 0 Å². The molecule has 0 aliphatic heterocycles. The Morgan fingerprint density at radius 3 is 3.00 bits per heavy atom. The number of carbonyl (C=O) groups is 1. The number of aromatic nitrogens is 1. The lowest BCUT2D eigenvalue weighted by Gasteiger charge is -2.13. The van der Waals surface area contributed by atoms with Crippen molar-refractivity contribution in [3.8, 4) is 0 Å². The van der Waals surface area contributed by atoms with Gasteiger partial charge in [0.15, 0.2) is 0 Å². The summed E-state index contributed by atoms with van der Waals surface area (Å²) >= 11 is 3.20. The molecule has 0 radical (unpaired) electrons. The Balaban J connectivity index is 2.56. The second-order valence-electron chi connectivity index (χ2n) is 3.22. The Kier molecular flexibility index (Phi) is 5.42. The number of halogens is 1. The van der Waals surface area contributed by atoms with Gasteiger partial charge in [0.05, 0.1) is 12.2 Å². The maximum absolute atomic E-state index is 11.7. The van der Waals surface area contributed by atoms with Crippen molar-refractivity contribution in [2.24, 2.45) is 0 Å². The van der Waals surface area contributed by atoms with Crippen molar-refractivity contribution in [1.29, 1.82) is 0 Å². The molecule has 0 saturated heterocycles. The van der Waals surface area contributed by atoms with Crippen LogP contribution in [-0.4, -0.2) is 30.3 Å². The third-order valence-electron chi connectivity index (χ3n) is 1.84. The van der Waals surface area contributed by atoms with Crippen molar-refractivity contribution in [3.05, 3.63) is 28.5 Å². The lowest BCUT2D eigenvalue weighted by molar-refractivity contribution is 0.00427. The van der Waals surface area contributed by atoms with E-state index in [9.17, 15) is 4.79 Å². The summed E-state index contributed by atoms with van der Waals surface area (Å²) in [5, 5.41) is 0. The summed E-state index contributed by atoms with van der Waals surface area (Å²) in [5.74, 6) is -0.396. The van der Waals surface area contributed by atoms with Gasteiger partial charge in [-0.1, -0.05) is 0 Å². The molecule has 5 heteroatoms. The van der Waals surface area contributed by atoms with Gasteiger partial charge < -0.3 is 9.47 Å². The van der Waals surface area contributed by atoms with E-state index in [1.54, 1.807) is 25.3 Å². The molecule has 0 spiro atoms. The van der Waals surface area contributed by atoms with E-state index in [0.29, 0.717) is 23.4 Å². The van der Waals surface area contributed by atoms with Gasteiger partial charge in [0, 0.05) is 12.8 Å². The molecule has 1 aromatic heterocycles. The first kappa shape index (κ1) is 13.1. The van der Waals surface area contributed by atoms with Crippen molar-refractivity contribution in [2.45, 2.75) is 20.0 Å². The van der Waals surface area contributed by atoms with Crippen LogP contribution in [0.2, 0.25) is 0 Å². The number of nitrogens with zero attached hydrogens (tertiary/aromatic N) is 1. The summed E-state index contributed by atoms with van der Waals surface area (Å²) in [6.45, 7) is 4.70. The van der Waals surface area contributed by atoms with E-state index in [0.717, 1.165) is 0 Å². The van der Waals surface area contributed by atoms with Crippen LogP contribution in [-0.2, 0) is 9.47 Å². The maximum atomic E-state index is 11.7. The van der Waals surface area contributed by atoms with Gasteiger partial charge in [0.1, 0.15) is 10.7 Å². The molecular formula is C11H14BrNO3. The molecular weight excluding hydrogens is 274 g/mol. The largest absolute Gasteiger partial charge is 0.457 e. The number of hydrogen-bond donors (Lipinski definition) is 0. The van der Waals surface area contributed by atoms with Crippen molar-refractivity contribution in [1.82, 2.24) is 4.98 Å². The fourth-order valence-electron chi connectivity index (χ4n) is 1.10. The van der Waals surface area contributed by atoms with Crippen LogP contribution in [0.25, 0.3) is 0 Å². The zero-order valence-electron chi connectivity index (χ0n) is 9.27. The van der Waals surface area contributed by atoms with Crippen molar-refractivity contribution < 1.29 is 14.3 Å². The van der Waals surface area contributed by atoms with E-state index in [1.807, 2.05) is 6.92 Å². The lowest BCUT2D eigenvalue weighted by Crippen LogP contribution is -2.20. The molecule has 88 valence electrons. The van der Waals surface area contributed by atoms with Crippen LogP contribution in [0.4, 0.5) is 0 Å². The van der Waals surface area contributed by atoms with Crippen LogP contribution < -0.4 is 0 Å². The normalized spacial score (nSPS) is 12.2. The van der Waals surface area contributed by atoms with Crippen LogP contribution in [0.1, 0.15) is 24.2 Å². The van der Waals surface area contributed by atoms with E-state index < -0.39 is 5.97 Å². The molecule has 4 nitrogen and oxygen atoms in total. The molecule has 0 fully saturated rings. The summed E-state index contributed by atoms with van der Waals surface area (Å²) in [6.07, 6.45) is 1.34. The molecule has 1 heterocycles. The first-order valence-electron chi connectivity index (χ1n) is 5.04. The van der Waals surface area contributed by atoms with Gasteiger partial charge in [-0.25, -0.2) is 9.78 Å². The molecule has 1 atom stereocenters. The summed E-state index contributed by atoms with van der Waals surface area (Å²) in [5.41, 5.74) is 0.422. The highest BCUT2D eigenvalue weighted by molar-refractivity contribution is 9.10. The van der Waals surface area contributed by atoms with Crippen molar-refractivity contribution in [3.63, 3.8) is 0 Å². The highest BCUT2D eigenvalue weighted by atomic mass is 79.9. The molecule has 1 aromatic rings. The van der Waals surface area contributed by atoms with Crippen molar-refractivity contribution in [2.75, 3.05) is 13.2 Å². The fraction of sp³-hybridized carbons (Fsp3) is 0.455. The second-order valence-corrected chi connectivity index (χ2v) is 3.97. The predicted octanol–water partition coefficient (Wildman–Crippen LogP) is 2.43. The molecule has 1 unspecified atom stereocenters. The zero-order chi connectivity index (χ0) is 12.0. The Morgan fingerprint density at radius 1 is 1.62 bits per heavy atom. The average Bonchev–Trinajstić information content (AvgIpc) is 2.26. The third kappa shape index (κ3) is 3.90. The minimum atomic E-state index is -0.396. The Morgan fingerprint density at radius 2 is 2.38 bits per heavy atom. The smallest absolute Gasteiger partial charge is 0.341 e. The number of rotatable bonds is 5. The topological polar surface area (TPSA) is 48.4 Å². The third-order valence-corrected chi connectivity index (χ3v) is 2.48. The van der Waals surface area contributed by atoms with Crippen molar-refractivity contribution >= 4 is 21.9 Å². The van der Waals surface area contributed by atoms with E-state index in [1.165, 1.54) is 0 Å². The quantitative estimate of drug-likeness (QED) is 0.616. The van der Waals surface area contributed by atoms with E-state index in [4.69, 9.17) is 9.47 Å². The van der Waals surface area contributed by atoms with Crippen LogP contribution in [0.15, 0.2) is 22.9 Å².